The second kappa shape index (κ2) is 7.46. The summed E-state index contributed by atoms with van der Waals surface area (Å²) in [7, 11) is 1.98. The summed E-state index contributed by atoms with van der Waals surface area (Å²) in [6.45, 7) is 6.91. The molecule has 0 radical (unpaired) electrons. The van der Waals surface area contributed by atoms with Crippen LogP contribution >= 0.6 is 0 Å². The van der Waals surface area contributed by atoms with Crippen molar-refractivity contribution in [1.29, 1.82) is 0 Å². The average Bonchev–Trinajstić information content (AvgIpc) is 2.49. The number of hydrogen-bond donors (Lipinski definition) is 1. The van der Waals surface area contributed by atoms with Crippen LogP contribution in [0.4, 0.5) is 0 Å². The third-order valence-electron chi connectivity index (χ3n) is 4.15. The van der Waals surface area contributed by atoms with Crippen LogP contribution in [0.2, 0.25) is 0 Å². The van der Waals surface area contributed by atoms with Crippen LogP contribution in [-0.4, -0.2) is 44.1 Å². The molecule has 116 valence electrons. The molecule has 4 heteroatoms. The smallest absolute Gasteiger partial charge is 0.260 e. The first kappa shape index (κ1) is 15.8. The zero-order chi connectivity index (χ0) is 15.2. The number of ether oxygens (including phenoxy) is 1. The maximum Gasteiger partial charge on any atom is 0.260 e. The Balaban J connectivity index is 1.81. The van der Waals surface area contributed by atoms with Gasteiger partial charge in [-0.15, -0.1) is 0 Å². The van der Waals surface area contributed by atoms with E-state index >= 15 is 0 Å². The quantitative estimate of drug-likeness (QED) is 0.903. The number of nitrogens with one attached hydrogen (secondary N) is 1. The molecule has 1 saturated heterocycles. The summed E-state index contributed by atoms with van der Waals surface area (Å²) in [6.07, 6.45) is 2.16. The first-order valence-electron chi connectivity index (χ1n) is 7.72. The number of likely N-dealkylation sites (tertiary alicyclic amines) is 1. The molecule has 0 aliphatic carbocycles. The Labute approximate surface area is 127 Å². The number of carbonyl (C=O) groups excluding carboxylic acids is 1. The van der Waals surface area contributed by atoms with Crippen LogP contribution in [-0.2, 0) is 4.79 Å². The molecule has 1 fully saturated rings. The van der Waals surface area contributed by atoms with E-state index in [0.717, 1.165) is 49.4 Å². The number of nitrogens with zero attached hydrogens (tertiary/aromatic N) is 1. The fourth-order valence-electron chi connectivity index (χ4n) is 2.77. The first-order chi connectivity index (χ1) is 10.1. The van der Waals surface area contributed by atoms with E-state index in [1.807, 2.05) is 37.9 Å². The number of amides is 1. The van der Waals surface area contributed by atoms with E-state index in [4.69, 9.17) is 4.74 Å². The second-order valence-corrected chi connectivity index (χ2v) is 5.94. The van der Waals surface area contributed by atoms with E-state index in [1.54, 1.807) is 0 Å². The standard InChI is InChI=1S/C17H26N2O2/c1-13-4-5-14(2)16(10-13)21-12-17(20)19-8-6-15(7-9-19)11-18-3/h4-5,10,15,18H,6-9,11-12H2,1-3H3. The fraction of sp³-hybridized carbons (Fsp3) is 0.588. The molecule has 0 aromatic heterocycles. The lowest BCUT2D eigenvalue weighted by Crippen LogP contribution is -2.42. The molecule has 0 saturated carbocycles. The Kier molecular flexibility index (Phi) is 5.62. The highest BCUT2D eigenvalue weighted by atomic mass is 16.5. The van der Waals surface area contributed by atoms with Crippen molar-refractivity contribution in [2.24, 2.45) is 5.92 Å². The fourth-order valence-corrected chi connectivity index (χ4v) is 2.77. The van der Waals surface area contributed by atoms with E-state index in [-0.39, 0.29) is 12.5 Å². The van der Waals surface area contributed by atoms with Crippen LogP contribution in [0.25, 0.3) is 0 Å². The molecule has 0 unspecified atom stereocenters. The number of piperidine rings is 1. The minimum atomic E-state index is 0.0961. The highest BCUT2D eigenvalue weighted by Crippen LogP contribution is 2.20. The van der Waals surface area contributed by atoms with Gasteiger partial charge in [0.1, 0.15) is 5.75 Å². The molecule has 0 spiro atoms. The molecule has 1 aromatic carbocycles. The van der Waals surface area contributed by atoms with E-state index < -0.39 is 0 Å². The summed E-state index contributed by atoms with van der Waals surface area (Å²) in [5, 5.41) is 3.21. The van der Waals surface area contributed by atoms with Crippen LogP contribution < -0.4 is 10.1 Å². The van der Waals surface area contributed by atoms with Gasteiger partial charge in [-0.1, -0.05) is 12.1 Å². The number of benzene rings is 1. The molecule has 1 heterocycles. The lowest BCUT2D eigenvalue weighted by molar-refractivity contribution is -0.134. The molecule has 4 nitrogen and oxygen atoms in total. The zero-order valence-corrected chi connectivity index (χ0v) is 13.3. The molecule has 1 aromatic rings. The maximum absolute atomic E-state index is 12.2. The zero-order valence-electron chi connectivity index (χ0n) is 13.3. The van der Waals surface area contributed by atoms with E-state index in [9.17, 15) is 4.79 Å². The predicted molar refractivity (Wildman–Crippen MR) is 84.6 cm³/mol. The van der Waals surface area contributed by atoms with Gasteiger partial charge in [-0.3, -0.25) is 4.79 Å². The third-order valence-corrected chi connectivity index (χ3v) is 4.15. The van der Waals surface area contributed by atoms with Crippen LogP contribution in [0.3, 0.4) is 0 Å². The molecular weight excluding hydrogens is 264 g/mol. The van der Waals surface area contributed by atoms with Crippen LogP contribution in [0.5, 0.6) is 5.75 Å². The van der Waals surface area contributed by atoms with Crippen molar-refractivity contribution in [1.82, 2.24) is 10.2 Å². The summed E-state index contributed by atoms with van der Waals surface area (Å²) in [5.41, 5.74) is 2.22. The highest BCUT2D eigenvalue weighted by Gasteiger charge is 2.22. The predicted octanol–water partition coefficient (Wildman–Crippen LogP) is 2.14. The molecule has 1 aliphatic rings. The van der Waals surface area contributed by atoms with Gasteiger partial charge < -0.3 is 15.0 Å². The van der Waals surface area contributed by atoms with Crippen LogP contribution in [0.1, 0.15) is 24.0 Å². The van der Waals surface area contributed by atoms with Crippen molar-refractivity contribution in [2.45, 2.75) is 26.7 Å². The monoisotopic (exact) mass is 290 g/mol. The molecule has 1 aliphatic heterocycles. The van der Waals surface area contributed by atoms with Gasteiger partial charge in [-0.2, -0.15) is 0 Å². The van der Waals surface area contributed by atoms with Gasteiger partial charge in [0.2, 0.25) is 0 Å². The third kappa shape index (κ3) is 4.46. The molecule has 2 rings (SSSR count). The molecule has 1 amide bonds. The lowest BCUT2D eigenvalue weighted by atomic mass is 9.97. The SMILES string of the molecule is CNCC1CCN(C(=O)COc2cc(C)ccc2C)CC1. The maximum atomic E-state index is 12.2. The van der Waals surface area contributed by atoms with E-state index in [1.165, 1.54) is 0 Å². The Bertz CT molecular complexity index is 480. The lowest BCUT2D eigenvalue weighted by Gasteiger charge is -2.31. The normalized spacial score (nSPS) is 16.0. The summed E-state index contributed by atoms with van der Waals surface area (Å²) >= 11 is 0. The van der Waals surface area contributed by atoms with Gasteiger partial charge in [-0.05, 0) is 63.4 Å². The highest BCUT2D eigenvalue weighted by molar-refractivity contribution is 5.77. The molecule has 0 bridgehead atoms. The van der Waals surface area contributed by atoms with Gasteiger partial charge in [-0.25, -0.2) is 0 Å². The Morgan fingerprint density at radius 1 is 1.33 bits per heavy atom. The van der Waals surface area contributed by atoms with Crippen molar-refractivity contribution in [3.8, 4) is 5.75 Å². The largest absolute Gasteiger partial charge is 0.483 e. The summed E-state index contributed by atoms with van der Waals surface area (Å²) in [6, 6.07) is 6.07. The summed E-state index contributed by atoms with van der Waals surface area (Å²) in [4.78, 5) is 14.1. The van der Waals surface area contributed by atoms with Gasteiger partial charge in [0.25, 0.3) is 5.91 Å². The number of carbonyl (C=O) groups is 1. The molecule has 1 N–H and O–H groups in total. The number of rotatable bonds is 5. The minimum absolute atomic E-state index is 0.0961. The minimum Gasteiger partial charge on any atom is -0.483 e. The average molecular weight is 290 g/mol. The summed E-state index contributed by atoms with van der Waals surface area (Å²) in [5.74, 6) is 1.60. The van der Waals surface area contributed by atoms with E-state index in [2.05, 4.69) is 11.4 Å². The number of aryl methyl sites for hydroxylation is 2. The first-order valence-corrected chi connectivity index (χ1v) is 7.72. The van der Waals surface area contributed by atoms with Crippen molar-refractivity contribution in [3.63, 3.8) is 0 Å². The number of hydrogen-bond acceptors (Lipinski definition) is 3. The molecular formula is C17H26N2O2. The van der Waals surface area contributed by atoms with Crippen molar-refractivity contribution in [2.75, 3.05) is 33.3 Å². The Morgan fingerprint density at radius 3 is 2.71 bits per heavy atom. The van der Waals surface area contributed by atoms with Crippen molar-refractivity contribution in [3.05, 3.63) is 29.3 Å². The van der Waals surface area contributed by atoms with Crippen LogP contribution in [0, 0.1) is 19.8 Å². The Hall–Kier alpha value is -1.55. The van der Waals surface area contributed by atoms with Crippen molar-refractivity contribution >= 4 is 5.91 Å². The topological polar surface area (TPSA) is 41.6 Å². The Morgan fingerprint density at radius 2 is 2.05 bits per heavy atom. The van der Waals surface area contributed by atoms with E-state index in [0.29, 0.717) is 5.92 Å². The summed E-state index contributed by atoms with van der Waals surface area (Å²) < 4.78 is 5.70. The van der Waals surface area contributed by atoms with Crippen molar-refractivity contribution < 1.29 is 9.53 Å². The molecule has 21 heavy (non-hydrogen) atoms. The van der Waals surface area contributed by atoms with Gasteiger partial charge in [0.15, 0.2) is 6.61 Å². The molecule has 0 atom stereocenters. The van der Waals surface area contributed by atoms with Gasteiger partial charge in [0.05, 0.1) is 0 Å². The van der Waals surface area contributed by atoms with Crippen LogP contribution in [0.15, 0.2) is 18.2 Å². The van der Waals surface area contributed by atoms with Gasteiger partial charge >= 0.3 is 0 Å². The second-order valence-electron chi connectivity index (χ2n) is 5.94. The van der Waals surface area contributed by atoms with Gasteiger partial charge in [0, 0.05) is 13.1 Å².